The van der Waals surface area contributed by atoms with Gasteiger partial charge in [-0.3, -0.25) is 4.98 Å². The number of pyridine rings is 1. The van der Waals surface area contributed by atoms with Crippen LogP contribution in [0.5, 0.6) is 0 Å². The number of hydrogen-bond donors (Lipinski definition) is 0. The van der Waals surface area contributed by atoms with Crippen molar-refractivity contribution in [2.24, 2.45) is 14.1 Å². The van der Waals surface area contributed by atoms with Crippen LogP contribution < -0.4 is 0 Å². The zero-order valence-corrected chi connectivity index (χ0v) is 12.4. The number of nitrogens with zero attached hydrogens (tertiary/aromatic N) is 4. The molecular formula is C18H14N4. The van der Waals surface area contributed by atoms with E-state index in [4.69, 9.17) is 0 Å². The maximum Gasteiger partial charge on any atom is 0.0955 e. The fourth-order valence-corrected chi connectivity index (χ4v) is 3.49. The van der Waals surface area contributed by atoms with Gasteiger partial charge in [0.1, 0.15) is 0 Å². The van der Waals surface area contributed by atoms with Crippen LogP contribution in [0, 0.1) is 0 Å². The highest BCUT2D eigenvalue weighted by Gasteiger charge is 2.13. The first-order chi connectivity index (χ1) is 10.7. The maximum absolute atomic E-state index is 4.63. The molecule has 0 aliphatic carbocycles. The molecule has 0 spiro atoms. The van der Waals surface area contributed by atoms with Crippen LogP contribution in [-0.4, -0.2) is 19.1 Å². The van der Waals surface area contributed by atoms with Crippen molar-refractivity contribution in [1.82, 2.24) is 19.1 Å². The summed E-state index contributed by atoms with van der Waals surface area (Å²) in [4.78, 5) is 9.13. The van der Waals surface area contributed by atoms with Crippen LogP contribution in [0.2, 0.25) is 0 Å². The maximum atomic E-state index is 4.63. The predicted molar refractivity (Wildman–Crippen MR) is 90.0 cm³/mol. The van der Waals surface area contributed by atoms with Crippen molar-refractivity contribution in [3.05, 3.63) is 49.1 Å². The molecule has 5 rings (SSSR count). The first-order valence-corrected chi connectivity index (χ1v) is 7.30. The Kier molecular flexibility index (Phi) is 2.06. The zero-order chi connectivity index (χ0) is 14.8. The Balaban J connectivity index is 2.20. The van der Waals surface area contributed by atoms with E-state index in [1.165, 1.54) is 27.1 Å². The average molecular weight is 286 g/mol. The minimum atomic E-state index is 1.03. The summed E-state index contributed by atoms with van der Waals surface area (Å²) in [5, 5.41) is 4.85. The van der Waals surface area contributed by atoms with Crippen LogP contribution in [-0.2, 0) is 14.1 Å². The lowest BCUT2D eigenvalue weighted by Gasteiger charge is -2.09. The lowest BCUT2D eigenvalue weighted by molar-refractivity contribution is 0.948. The van der Waals surface area contributed by atoms with E-state index in [9.17, 15) is 0 Å². The van der Waals surface area contributed by atoms with Gasteiger partial charge in [0.25, 0.3) is 0 Å². The molecule has 0 saturated heterocycles. The van der Waals surface area contributed by atoms with Crippen molar-refractivity contribution < 1.29 is 0 Å². The molecule has 0 bridgehead atoms. The van der Waals surface area contributed by atoms with Crippen LogP contribution in [0.25, 0.3) is 43.6 Å². The molecule has 2 aromatic carbocycles. The van der Waals surface area contributed by atoms with Crippen LogP contribution in [0.4, 0.5) is 0 Å². The average Bonchev–Trinajstić information content (AvgIpc) is 3.10. The SMILES string of the molecule is Cn1cnc2cc3c(cc21)c1cccnc1c1ccn(C)c31. The Hall–Kier alpha value is -2.88. The highest BCUT2D eigenvalue weighted by atomic mass is 15.0. The van der Waals surface area contributed by atoms with Crippen LogP contribution in [0.3, 0.4) is 0 Å². The third kappa shape index (κ3) is 1.32. The van der Waals surface area contributed by atoms with Gasteiger partial charge in [-0.1, -0.05) is 6.07 Å². The summed E-state index contributed by atoms with van der Waals surface area (Å²) in [6, 6.07) is 10.7. The quantitative estimate of drug-likeness (QED) is 0.406. The topological polar surface area (TPSA) is 35.6 Å². The lowest BCUT2D eigenvalue weighted by atomic mass is 10.0. The van der Waals surface area contributed by atoms with Crippen molar-refractivity contribution >= 4 is 43.6 Å². The largest absolute Gasteiger partial charge is 0.350 e. The van der Waals surface area contributed by atoms with E-state index in [2.05, 4.69) is 56.6 Å². The Morgan fingerprint density at radius 3 is 2.68 bits per heavy atom. The molecule has 4 nitrogen and oxygen atoms in total. The van der Waals surface area contributed by atoms with Gasteiger partial charge in [-0.15, -0.1) is 0 Å². The molecule has 0 aliphatic heterocycles. The summed E-state index contributed by atoms with van der Waals surface area (Å²) >= 11 is 0. The fraction of sp³-hybridized carbons (Fsp3) is 0.111. The minimum Gasteiger partial charge on any atom is -0.350 e. The standard InChI is InChI=1S/C18H14N4/c1-21-7-5-12-17-11(4-3-6-19-17)13-9-16-15(20-10-22(16)2)8-14(13)18(12)21/h3-10H,1-2H3. The summed E-state index contributed by atoms with van der Waals surface area (Å²) in [5.41, 5.74) is 4.45. The van der Waals surface area contributed by atoms with Gasteiger partial charge >= 0.3 is 0 Å². The molecule has 0 amide bonds. The summed E-state index contributed by atoms with van der Waals surface area (Å²) in [5.74, 6) is 0. The lowest BCUT2D eigenvalue weighted by Crippen LogP contribution is -1.90. The fourth-order valence-electron chi connectivity index (χ4n) is 3.49. The third-order valence-corrected chi connectivity index (χ3v) is 4.55. The molecule has 0 unspecified atom stereocenters. The van der Waals surface area contributed by atoms with E-state index in [0.29, 0.717) is 0 Å². The molecule has 3 aromatic heterocycles. The second-order valence-electron chi connectivity index (χ2n) is 5.83. The minimum absolute atomic E-state index is 1.03. The van der Waals surface area contributed by atoms with Crippen LogP contribution >= 0.6 is 0 Å². The molecule has 22 heavy (non-hydrogen) atoms. The number of rotatable bonds is 0. The van der Waals surface area contributed by atoms with E-state index >= 15 is 0 Å². The van der Waals surface area contributed by atoms with Crippen LogP contribution in [0.1, 0.15) is 0 Å². The molecule has 0 N–H and O–H groups in total. The molecule has 0 fully saturated rings. The van der Waals surface area contributed by atoms with Gasteiger partial charge in [0.2, 0.25) is 0 Å². The molecular weight excluding hydrogens is 272 g/mol. The molecule has 106 valence electrons. The van der Waals surface area contributed by atoms with E-state index in [0.717, 1.165) is 16.6 Å². The summed E-state index contributed by atoms with van der Waals surface area (Å²) < 4.78 is 4.23. The number of aromatic nitrogens is 4. The van der Waals surface area contributed by atoms with Gasteiger partial charge in [-0.05, 0) is 29.7 Å². The van der Waals surface area contributed by atoms with Crippen molar-refractivity contribution in [3.8, 4) is 0 Å². The number of imidazole rings is 1. The summed E-state index contributed by atoms with van der Waals surface area (Å²) in [7, 11) is 4.11. The highest BCUT2D eigenvalue weighted by molar-refractivity contribution is 6.25. The van der Waals surface area contributed by atoms with E-state index in [1.54, 1.807) is 0 Å². The van der Waals surface area contributed by atoms with Gasteiger partial charge in [-0.2, -0.15) is 0 Å². The zero-order valence-electron chi connectivity index (χ0n) is 12.4. The Bertz CT molecular complexity index is 1190. The summed E-state index contributed by atoms with van der Waals surface area (Å²) in [6.45, 7) is 0. The van der Waals surface area contributed by atoms with Crippen molar-refractivity contribution in [1.29, 1.82) is 0 Å². The molecule has 0 radical (unpaired) electrons. The van der Waals surface area contributed by atoms with Gasteiger partial charge < -0.3 is 9.13 Å². The van der Waals surface area contributed by atoms with E-state index in [1.807, 2.05) is 25.6 Å². The Morgan fingerprint density at radius 2 is 1.77 bits per heavy atom. The first-order valence-electron chi connectivity index (χ1n) is 7.30. The second kappa shape index (κ2) is 3.85. The summed E-state index contributed by atoms with van der Waals surface area (Å²) in [6.07, 6.45) is 5.83. The number of hydrogen-bond acceptors (Lipinski definition) is 2. The van der Waals surface area contributed by atoms with Crippen molar-refractivity contribution in [3.63, 3.8) is 0 Å². The molecule has 5 aromatic rings. The monoisotopic (exact) mass is 286 g/mol. The number of fused-ring (bicyclic) bond motifs is 7. The number of benzene rings is 2. The van der Waals surface area contributed by atoms with Gasteiger partial charge in [0.05, 0.1) is 28.4 Å². The van der Waals surface area contributed by atoms with Crippen molar-refractivity contribution in [2.75, 3.05) is 0 Å². The van der Waals surface area contributed by atoms with Crippen molar-refractivity contribution in [2.45, 2.75) is 0 Å². The smallest absolute Gasteiger partial charge is 0.0955 e. The van der Waals surface area contributed by atoms with Gasteiger partial charge in [0.15, 0.2) is 0 Å². The molecule has 4 heteroatoms. The molecule has 0 saturated carbocycles. The van der Waals surface area contributed by atoms with Gasteiger partial charge in [-0.25, -0.2) is 4.98 Å². The Morgan fingerprint density at radius 1 is 0.864 bits per heavy atom. The molecule has 0 atom stereocenters. The normalized spacial score (nSPS) is 12.1. The Labute approximate surface area is 126 Å². The first kappa shape index (κ1) is 11.7. The predicted octanol–water partition coefficient (Wildman–Crippen LogP) is 3.77. The third-order valence-electron chi connectivity index (χ3n) is 4.55. The molecule has 0 aliphatic rings. The van der Waals surface area contributed by atoms with E-state index in [-0.39, 0.29) is 0 Å². The van der Waals surface area contributed by atoms with E-state index < -0.39 is 0 Å². The molecule has 3 heterocycles. The van der Waals surface area contributed by atoms with Gasteiger partial charge in [0, 0.05) is 42.6 Å². The highest BCUT2D eigenvalue weighted by Crippen LogP contribution is 2.36. The second-order valence-corrected chi connectivity index (χ2v) is 5.83. The van der Waals surface area contributed by atoms with Crippen LogP contribution in [0.15, 0.2) is 49.1 Å². The number of aryl methyl sites for hydroxylation is 2.